The summed E-state index contributed by atoms with van der Waals surface area (Å²) in [6.07, 6.45) is 5.86. The summed E-state index contributed by atoms with van der Waals surface area (Å²) in [5, 5.41) is 18.7. The molecule has 0 aromatic heterocycles. The van der Waals surface area contributed by atoms with Crippen LogP contribution >= 0.6 is 0 Å². The summed E-state index contributed by atoms with van der Waals surface area (Å²) in [6, 6.07) is 13.5. The van der Waals surface area contributed by atoms with Crippen molar-refractivity contribution in [2.45, 2.75) is 12.8 Å². The first-order valence-corrected chi connectivity index (χ1v) is 8.69. The van der Waals surface area contributed by atoms with Crippen LogP contribution in [0.4, 0.5) is 22.7 Å². The van der Waals surface area contributed by atoms with Crippen molar-refractivity contribution in [3.05, 3.63) is 83.5 Å². The highest BCUT2D eigenvalue weighted by atomic mass is 16.6. The number of anilines is 3. The standard InChI is InChI=1S/C14H20N2.C7H5N3O2/c1-3-5-11-16(12-6-4-2)14-9-7-13(15)8-10-14;8-4-5-3-6(10(11)12)1-2-7(5)9/h3-4,7-10H,1-2,5-6,11-12,15H2;1-3H,9H2. The average molecular weight is 379 g/mol. The first-order chi connectivity index (χ1) is 13.4. The van der Waals surface area contributed by atoms with Gasteiger partial charge in [0.1, 0.15) is 6.07 Å². The van der Waals surface area contributed by atoms with E-state index in [1.165, 1.54) is 17.8 Å². The van der Waals surface area contributed by atoms with Gasteiger partial charge >= 0.3 is 0 Å². The van der Waals surface area contributed by atoms with E-state index in [9.17, 15) is 10.1 Å². The Balaban J connectivity index is 0.000000292. The number of nitriles is 1. The fourth-order valence-electron chi connectivity index (χ4n) is 2.30. The molecule has 2 rings (SSSR count). The highest BCUT2D eigenvalue weighted by Gasteiger charge is 2.07. The van der Waals surface area contributed by atoms with E-state index in [1.807, 2.05) is 24.3 Å². The van der Waals surface area contributed by atoms with Crippen LogP contribution in [0, 0.1) is 21.4 Å². The second-order valence-electron chi connectivity index (χ2n) is 5.87. The molecule has 2 aromatic carbocycles. The maximum absolute atomic E-state index is 10.2. The SMILES string of the molecule is C=CCCN(CCC=C)c1ccc(N)cc1.N#Cc1cc([N+](=O)[O-])ccc1N. The number of nitrogens with two attached hydrogens (primary N) is 2. The van der Waals surface area contributed by atoms with Crippen molar-refractivity contribution in [2.24, 2.45) is 0 Å². The molecular weight excluding hydrogens is 354 g/mol. The largest absolute Gasteiger partial charge is 0.399 e. The van der Waals surface area contributed by atoms with Crippen LogP contribution in [0.1, 0.15) is 18.4 Å². The van der Waals surface area contributed by atoms with E-state index in [4.69, 9.17) is 16.7 Å². The maximum Gasteiger partial charge on any atom is 0.270 e. The molecule has 0 saturated carbocycles. The smallest absolute Gasteiger partial charge is 0.270 e. The minimum absolute atomic E-state index is 0.124. The zero-order valence-corrected chi connectivity index (χ0v) is 15.8. The zero-order chi connectivity index (χ0) is 20.9. The molecule has 4 N–H and O–H groups in total. The Morgan fingerprint density at radius 2 is 1.64 bits per heavy atom. The Bertz CT molecular complexity index is 829. The molecule has 0 radical (unpaired) electrons. The van der Waals surface area contributed by atoms with Gasteiger partial charge in [-0.3, -0.25) is 10.1 Å². The normalized spacial score (nSPS) is 9.39. The summed E-state index contributed by atoms with van der Waals surface area (Å²) in [4.78, 5) is 12.0. The minimum Gasteiger partial charge on any atom is -0.399 e. The number of benzene rings is 2. The number of nitro groups is 1. The average Bonchev–Trinajstić information content (AvgIpc) is 2.69. The number of nitro benzene ring substituents is 1. The van der Waals surface area contributed by atoms with E-state index in [0.29, 0.717) is 0 Å². The van der Waals surface area contributed by atoms with E-state index in [-0.39, 0.29) is 16.9 Å². The van der Waals surface area contributed by atoms with Crippen LogP contribution in [0.15, 0.2) is 67.8 Å². The summed E-state index contributed by atoms with van der Waals surface area (Å²) in [5.41, 5.74) is 13.3. The van der Waals surface area contributed by atoms with Gasteiger partial charge in [-0.05, 0) is 43.2 Å². The molecule has 0 heterocycles. The molecule has 0 saturated heterocycles. The topological polar surface area (TPSA) is 122 Å². The third kappa shape index (κ3) is 7.22. The van der Waals surface area contributed by atoms with Crippen molar-refractivity contribution in [1.82, 2.24) is 0 Å². The quantitative estimate of drug-likeness (QED) is 0.305. The van der Waals surface area contributed by atoms with Crippen LogP contribution in [-0.2, 0) is 0 Å². The van der Waals surface area contributed by atoms with Gasteiger partial charge in [0.25, 0.3) is 5.69 Å². The molecule has 7 nitrogen and oxygen atoms in total. The van der Waals surface area contributed by atoms with Gasteiger partial charge in [0.15, 0.2) is 0 Å². The number of hydrogen-bond acceptors (Lipinski definition) is 6. The van der Waals surface area contributed by atoms with Crippen LogP contribution in [0.3, 0.4) is 0 Å². The van der Waals surface area contributed by atoms with E-state index in [0.717, 1.165) is 37.7 Å². The summed E-state index contributed by atoms with van der Waals surface area (Å²) in [5.74, 6) is 0. The predicted molar refractivity (Wildman–Crippen MR) is 115 cm³/mol. The third-order valence-corrected chi connectivity index (χ3v) is 3.83. The zero-order valence-electron chi connectivity index (χ0n) is 15.8. The van der Waals surface area contributed by atoms with Crippen molar-refractivity contribution in [3.8, 4) is 6.07 Å². The monoisotopic (exact) mass is 379 g/mol. The van der Waals surface area contributed by atoms with Crippen molar-refractivity contribution >= 4 is 22.7 Å². The number of nitrogen functional groups attached to an aromatic ring is 2. The summed E-state index contributed by atoms with van der Waals surface area (Å²) in [7, 11) is 0. The second-order valence-corrected chi connectivity index (χ2v) is 5.87. The van der Waals surface area contributed by atoms with Crippen LogP contribution in [0.2, 0.25) is 0 Å². The number of rotatable bonds is 8. The Morgan fingerprint density at radius 3 is 2.11 bits per heavy atom. The molecule has 0 bridgehead atoms. The fraction of sp³-hybridized carbons (Fsp3) is 0.190. The first kappa shape index (κ1) is 22.3. The molecule has 146 valence electrons. The van der Waals surface area contributed by atoms with E-state index >= 15 is 0 Å². The molecular formula is C21H25N5O2. The van der Waals surface area contributed by atoms with Crippen molar-refractivity contribution < 1.29 is 4.92 Å². The number of hydrogen-bond donors (Lipinski definition) is 2. The molecule has 0 aliphatic carbocycles. The Morgan fingerprint density at radius 1 is 1.07 bits per heavy atom. The molecule has 28 heavy (non-hydrogen) atoms. The lowest BCUT2D eigenvalue weighted by Crippen LogP contribution is -2.24. The van der Waals surface area contributed by atoms with Crippen LogP contribution in [0.5, 0.6) is 0 Å². The van der Waals surface area contributed by atoms with Gasteiger partial charge in [0.2, 0.25) is 0 Å². The van der Waals surface area contributed by atoms with Crippen LogP contribution < -0.4 is 16.4 Å². The molecule has 0 fully saturated rings. The van der Waals surface area contributed by atoms with Gasteiger partial charge in [-0.25, -0.2) is 0 Å². The minimum atomic E-state index is -0.569. The summed E-state index contributed by atoms with van der Waals surface area (Å²) in [6.45, 7) is 9.48. The molecule has 7 heteroatoms. The van der Waals surface area contributed by atoms with Crippen molar-refractivity contribution in [2.75, 3.05) is 29.5 Å². The lowest BCUT2D eigenvalue weighted by molar-refractivity contribution is -0.384. The van der Waals surface area contributed by atoms with Gasteiger partial charge in [0.05, 0.1) is 10.5 Å². The molecule has 0 aliphatic rings. The molecule has 0 atom stereocenters. The summed E-state index contributed by atoms with van der Waals surface area (Å²) < 4.78 is 0. The first-order valence-electron chi connectivity index (χ1n) is 8.69. The molecule has 0 amide bonds. The van der Waals surface area contributed by atoms with E-state index in [2.05, 4.69) is 30.2 Å². The summed E-state index contributed by atoms with van der Waals surface area (Å²) >= 11 is 0. The van der Waals surface area contributed by atoms with Gasteiger partial charge in [-0.1, -0.05) is 12.2 Å². The Kier molecular flexibility index (Phi) is 9.34. The van der Waals surface area contributed by atoms with Gasteiger partial charge in [-0.15, -0.1) is 13.2 Å². The van der Waals surface area contributed by atoms with Crippen molar-refractivity contribution in [3.63, 3.8) is 0 Å². The van der Waals surface area contributed by atoms with Crippen LogP contribution in [0.25, 0.3) is 0 Å². The van der Waals surface area contributed by atoms with E-state index in [1.54, 1.807) is 6.07 Å². The van der Waals surface area contributed by atoms with Gasteiger partial charge < -0.3 is 16.4 Å². The molecule has 0 unspecified atom stereocenters. The van der Waals surface area contributed by atoms with Gasteiger partial charge in [-0.2, -0.15) is 5.26 Å². The highest BCUT2D eigenvalue weighted by molar-refractivity contribution is 5.58. The van der Waals surface area contributed by atoms with Gasteiger partial charge in [0, 0.05) is 42.3 Å². The predicted octanol–water partition coefficient (Wildman–Crippen LogP) is 4.28. The second kappa shape index (κ2) is 11.8. The van der Waals surface area contributed by atoms with Crippen molar-refractivity contribution in [1.29, 1.82) is 5.26 Å². The Hall–Kier alpha value is -3.79. The number of nitrogens with zero attached hydrogens (tertiary/aromatic N) is 3. The Labute approximate surface area is 165 Å². The fourth-order valence-corrected chi connectivity index (χ4v) is 2.30. The highest BCUT2D eigenvalue weighted by Crippen LogP contribution is 2.18. The lowest BCUT2D eigenvalue weighted by atomic mass is 10.2. The molecule has 0 aliphatic heterocycles. The molecule has 2 aromatic rings. The molecule has 0 spiro atoms. The third-order valence-electron chi connectivity index (χ3n) is 3.83. The maximum atomic E-state index is 10.2. The lowest BCUT2D eigenvalue weighted by Gasteiger charge is -2.23. The number of non-ortho nitro benzene ring substituents is 1. The van der Waals surface area contributed by atoms with E-state index < -0.39 is 4.92 Å². The van der Waals surface area contributed by atoms with Crippen LogP contribution in [-0.4, -0.2) is 18.0 Å².